The minimum atomic E-state index is -4.59. The van der Waals surface area contributed by atoms with E-state index in [-0.39, 0.29) is 5.56 Å². The fourth-order valence-corrected chi connectivity index (χ4v) is 2.45. The van der Waals surface area contributed by atoms with Crippen LogP contribution in [0.2, 0.25) is 0 Å². The largest absolute Gasteiger partial charge is 0.417 e. The van der Waals surface area contributed by atoms with Crippen LogP contribution in [0.1, 0.15) is 27.0 Å². The van der Waals surface area contributed by atoms with Crippen LogP contribution in [0.5, 0.6) is 0 Å². The first-order valence-corrected chi connectivity index (χ1v) is 6.41. The molecule has 0 aliphatic carbocycles. The number of hydrogen-bond donors (Lipinski definition) is 0. The number of rotatable bonds is 2. The van der Waals surface area contributed by atoms with Gasteiger partial charge in [0.2, 0.25) is 0 Å². The van der Waals surface area contributed by atoms with E-state index in [1.165, 1.54) is 6.07 Å². The van der Waals surface area contributed by atoms with Gasteiger partial charge in [-0.1, -0.05) is 15.9 Å². The van der Waals surface area contributed by atoms with Gasteiger partial charge in [0.25, 0.3) is 0 Å². The number of nitrogens with zero attached hydrogens (tertiary/aromatic N) is 1. The van der Waals surface area contributed by atoms with Gasteiger partial charge in [0.05, 0.1) is 11.1 Å². The van der Waals surface area contributed by atoms with E-state index >= 15 is 0 Å². The molecule has 0 unspecified atom stereocenters. The molecule has 1 aromatic carbocycles. The number of alkyl halides is 3. The average molecular weight is 344 g/mol. The van der Waals surface area contributed by atoms with Crippen LogP contribution in [-0.2, 0) is 6.18 Å². The highest BCUT2D eigenvalue weighted by atomic mass is 79.9. The van der Waals surface area contributed by atoms with Crippen molar-refractivity contribution < 1.29 is 18.0 Å². The van der Waals surface area contributed by atoms with Crippen molar-refractivity contribution in [2.24, 2.45) is 0 Å². The maximum Gasteiger partial charge on any atom is 0.417 e. The molecule has 0 radical (unpaired) electrons. The SMILES string of the molecule is Cc1cc(Br)cc(C(=O)c2cnccc2C(F)(F)F)c1. The van der Waals surface area contributed by atoms with Crippen molar-refractivity contribution in [1.82, 2.24) is 4.98 Å². The maximum atomic E-state index is 12.9. The van der Waals surface area contributed by atoms with Gasteiger partial charge in [0.1, 0.15) is 0 Å². The molecule has 0 saturated carbocycles. The first kappa shape index (κ1) is 14.7. The van der Waals surface area contributed by atoms with E-state index in [0.29, 0.717) is 4.47 Å². The van der Waals surface area contributed by atoms with E-state index in [1.807, 2.05) is 0 Å². The van der Waals surface area contributed by atoms with Crippen molar-refractivity contribution >= 4 is 21.7 Å². The van der Waals surface area contributed by atoms with Crippen molar-refractivity contribution in [3.63, 3.8) is 0 Å². The van der Waals surface area contributed by atoms with Gasteiger partial charge >= 0.3 is 6.18 Å². The monoisotopic (exact) mass is 343 g/mol. The number of pyridine rings is 1. The molecule has 0 fully saturated rings. The first-order chi connectivity index (χ1) is 9.29. The summed E-state index contributed by atoms with van der Waals surface area (Å²) in [6.45, 7) is 1.76. The summed E-state index contributed by atoms with van der Waals surface area (Å²) < 4.78 is 39.3. The zero-order valence-electron chi connectivity index (χ0n) is 10.3. The molecular formula is C14H9BrF3NO. The van der Waals surface area contributed by atoms with E-state index in [4.69, 9.17) is 0 Å². The molecule has 0 saturated heterocycles. The molecular weight excluding hydrogens is 335 g/mol. The predicted octanol–water partition coefficient (Wildman–Crippen LogP) is 4.40. The van der Waals surface area contributed by atoms with Crippen LogP contribution >= 0.6 is 15.9 Å². The standard InChI is InChI=1S/C14H9BrF3NO/c1-8-4-9(6-10(15)5-8)13(20)11-7-19-3-2-12(11)14(16,17)18/h2-7H,1H3. The lowest BCUT2D eigenvalue weighted by Gasteiger charge is -2.11. The molecule has 0 atom stereocenters. The molecule has 1 heterocycles. The third-order valence-corrected chi connectivity index (χ3v) is 3.13. The van der Waals surface area contributed by atoms with Gasteiger partial charge in [-0.2, -0.15) is 13.2 Å². The van der Waals surface area contributed by atoms with Gasteiger partial charge in [-0.15, -0.1) is 0 Å². The Morgan fingerprint density at radius 1 is 1.25 bits per heavy atom. The summed E-state index contributed by atoms with van der Waals surface area (Å²) in [5, 5.41) is 0. The van der Waals surface area contributed by atoms with Crippen LogP contribution in [0.15, 0.2) is 41.1 Å². The van der Waals surface area contributed by atoms with Crippen LogP contribution in [0, 0.1) is 6.92 Å². The molecule has 2 nitrogen and oxygen atoms in total. The number of halogens is 4. The number of aromatic nitrogens is 1. The van der Waals surface area contributed by atoms with E-state index in [2.05, 4.69) is 20.9 Å². The summed E-state index contributed by atoms with van der Waals surface area (Å²) in [6.07, 6.45) is -2.62. The molecule has 2 aromatic rings. The maximum absolute atomic E-state index is 12.9. The number of carbonyl (C=O) groups is 1. The van der Waals surface area contributed by atoms with E-state index < -0.39 is 23.1 Å². The van der Waals surface area contributed by atoms with Crippen LogP contribution < -0.4 is 0 Å². The van der Waals surface area contributed by atoms with Crippen LogP contribution in [0.25, 0.3) is 0 Å². The lowest BCUT2D eigenvalue weighted by molar-refractivity contribution is -0.137. The summed E-state index contributed by atoms with van der Waals surface area (Å²) in [5.74, 6) is -0.699. The topological polar surface area (TPSA) is 30.0 Å². The molecule has 0 aliphatic rings. The Hall–Kier alpha value is -1.69. The van der Waals surface area contributed by atoms with Crippen LogP contribution in [0.3, 0.4) is 0 Å². The van der Waals surface area contributed by atoms with Gasteiger partial charge in [0.15, 0.2) is 5.78 Å². The summed E-state index contributed by atoms with van der Waals surface area (Å²) in [7, 11) is 0. The molecule has 0 amide bonds. The Labute approximate surface area is 121 Å². The fraction of sp³-hybridized carbons (Fsp3) is 0.143. The molecule has 0 spiro atoms. The van der Waals surface area contributed by atoms with Crippen molar-refractivity contribution in [2.45, 2.75) is 13.1 Å². The van der Waals surface area contributed by atoms with E-state index in [0.717, 1.165) is 24.0 Å². The number of benzene rings is 1. The molecule has 20 heavy (non-hydrogen) atoms. The lowest BCUT2D eigenvalue weighted by Crippen LogP contribution is -2.14. The van der Waals surface area contributed by atoms with Gasteiger partial charge in [-0.3, -0.25) is 9.78 Å². The summed E-state index contributed by atoms with van der Waals surface area (Å²) >= 11 is 3.22. The molecule has 1 aromatic heterocycles. The van der Waals surface area contributed by atoms with E-state index in [1.54, 1.807) is 19.1 Å². The Balaban J connectivity index is 2.54. The quantitative estimate of drug-likeness (QED) is 0.756. The minimum Gasteiger partial charge on any atom is -0.289 e. The predicted molar refractivity (Wildman–Crippen MR) is 71.6 cm³/mol. The van der Waals surface area contributed by atoms with Gasteiger partial charge in [0, 0.05) is 22.4 Å². The third kappa shape index (κ3) is 3.07. The fourth-order valence-electron chi connectivity index (χ4n) is 1.85. The highest BCUT2D eigenvalue weighted by molar-refractivity contribution is 9.10. The molecule has 6 heteroatoms. The second-order valence-corrected chi connectivity index (χ2v) is 5.18. The molecule has 104 valence electrons. The molecule has 0 bridgehead atoms. The summed E-state index contributed by atoms with van der Waals surface area (Å²) in [6, 6.07) is 5.60. The number of hydrogen-bond acceptors (Lipinski definition) is 2. The third-order valence-electron chi connectivity index (χ3n) is 2.68. The van der Waals surface area contributed by atoms with Crippen molar-refractivity contribution in [2.75, 3.05) is 0 Å². The second kappa shape index (κ2) is 5.36. The van der Waals surface area contributed by atoms with Crippen molar-refractivity contribution in [3.8, 4) is 0 Å². The highest BCUT2D eigenvalue weighted by Crippen LogP contribution is 2.32. The van der Waals surface area contributed by atoms with Gasteiger partial charge < -0.3 is 0 Å². The normalized spacial score (nSPS) is 11.4. The van der Waals surface area contributed by atoms with Crippen LogP contribution in [0.4, 0.5) is 13.2 Å². The van der Waals surface area contributed by atoms with Crippen LogP contribution in [-0.4, -0.2) is 10.8 Å². The molecule has 0 N–H and O–H groups in total. The average Bonchev–Trinajstić information content (AvgIpc) is 2.35. The number of ketones is 1. The summed E-state index contributed by atoms with van der Waals surface area (Å²) in [5.41, 5.74) is -0.455. The van der Waals surface area contributed by atoms with Crippen molar-refractivity contribution in [3.05, 3.63) is 63.4 Å². The zero-order chi connectivity index (χ0) is 14.9. The Morgan fingerprint density at radius 2 is 1.95 bits per heavy atom. The first-order valence-electron chi connectivity index (χ1n) is 5.62. The Bertz CT molecular complexity index is 647. The number of carbonyl (C=O) groups excluding carboxylic acids is 1. The highest BCUT2D eigenvalue weighted by Gasteiger charge is 2.35. The second-order valence-electron chi connectivity index (χ2n) is 4.27. The van der Waals surface area contributed by atoms with Gasteiger partial charge in [-0.25, -0.2) is 0 Å². The smallest absolute Gasteiger partial charge is 0.289 e. The van der Waals surface area contributed by atoms with E-state index in [9.17, 15) is 18.0 Å². The minimum absolute atomic E-state index is 0.190. The Morgan fingerprint density at radius 3 is 2.55 bits per heavy atom. The molecule has 2 rings (SSSR count). The zero-order valence-corrected chi connectivity index (χ0v) is 11.9. The summed E-state index contributed by atoms with van der Waals surface area (Å²) in [4.78, 5) is 15.9. The Kier molecular flexibility index (Phi) is 3.94. The number of aryl methyl sites for hydroxylation is 1. The molecule has 0 aliphatic heterocycles. The van der Waals surface area contributed by atoms with Gasteiger partial charge in [-0.05, 0) is 36.8 Å². The lowest BCUT2D eigenvalue weighted by atomic mass is 9.99. The van der Waals surface area contributed by atoms with Crippen molar-refractivity contribution in [1.29, 1.82) is 0 Å².